The maximum Gasteiger partial charge on any atom is 0.450 e. The second-order valence-corrected chi connectivity index (χ2v) is 9.60. The van der Waals surface area contributed by atoms with Gasteiger partial charge in [-0.1, -0.05) is 5.16 Å². The third-order valence-electron chi connectivity index (χ3n) is 7.11. The Morgan fingerprint density at radius 1 is 1.11 bits per heavy atom. The number of halogens is 4. The van der Waals surface area contributed by atoms with Gasteiger partial charge in [-0.2, -0.15) is 13.2 Å². The fourth-order valence-electron chi connectivity index (χ4n) is 4.95. The van der Waals surface area contributed by atoms with Crippen LogP contribution in [0.25, 0.3) is 11.0 Å². The first kappa shape index (κ1) is 25.4. The molecule has 1 N–H and O–H groups in total. The van der Waals surface area contributed by atoms with E-state index in [1.807, 2.05) is 0 Å². The predicted octanol–water partition coefficient (Wildman–Crippen LogP) is 3.98. The Morgan fingerprint density at radius 2 is 1.80 bits per heavy atom. The highest BCUT2D eigenvalue weighted by molar-refractivity contribution is 6.00. The molecule has 1 aromatic heterocycles. The van der Waals surface area contributed by atoms with Gasteiger partial charge in [-0.25, -0.2) is 4.39 Å². The molecule has 2 aliphatic rings. The fraction of sp³-hybridized carbons (Fsp3) is 0.625. The summed E-state index contributed by atoms with van der Waals surface area (Å²) in [4.78, 5) is 27.3. The van der Waals surface area contributed by atoms with Crippen molar-refractivity contribution in [2.24, 2.45) is 5.92 Å². The number of hydrogen-bond acceptors (Lipinski definition) is 6. The maximum atomic E-state index is 13.8. The van der Waals surface area contributed by atoms with Crippen LogP contribution >= 0.6 is 0 Å². The van der Waals surface area contributed by atoms with E-state index in [1.165, 1.54) is 6.07 Å². The normalized spacial score (nSPS) is 21.9. The van der Waals surface area contributed by atoms with Gasteiger partial charge in [0, 0.05) is 38.3 Å². The molecule has 192 valence electrons. The topological polar surface area (TPSA) is 78.7 Å². The molecule has 7 nitrogen and oxygen atoms in total. The van der Waals surface area contributed by atoms with E-state index < -0.39 is 24.3 Å². The van der Waals surface area contributed by atoms with Crippen LogP contribution in [0.3, 0.4) is 0 Å². The Balaban J connectivity index is 1.16. The van der Waals surface area contributed by atoms with Crippen molar-refractivity contribution in [1.29, 1.82) is 0 Å². The van der Waals surface area contributed by atoms with Gasteiger partial charge in [0.25, 0.3) is 0 Å². The first-order valence-corrected chi connectivity index (χ1v) is 12.0. The summed E-state index contributed by atoms with van der Waals surface area (Å²) in [5.41, 5.74) is 1.01. The molecule has 0 bridgehead atoms. The number of anilines is 1. The molecule has 35 heavy (non-hydrogen) atoms. The van der Waals surface area contributed by atoms with E-state index in [4.69, 9.17) is 4.52 Å². The van der Waals surface area contributed by atoms with Crippen LogP contribution in [0.1, 0.15) is 44.1 Å². The van der Waals surface area contributed by atoms with E-state index in [0.717, 1.165) is 63.2 Å². The van der Waals surface area contributed by atoms with Crippen molar-refractivity contribution in [3.05, 3.63) is 23.5 Å². The third kappa shape index (κ3) is 6.31. The number of benzene rings is 1. The number of aromatic nitrogens is 1. The largest absolute Gasteiger partial charge is 0.450 e. The summed E-state index contributed by atoms with van der Waals surface area (Å²) < 4.78 is 56.0. The van der Waals surface area contributed by atoms with Gasteiger partial charge in [0.15, 0.2) is 11.4 Å². The Morgan fingerprint density at radius 3 is 2.46 bits per heavy atom. The number of fused-ring (bicyclic) bond motifs is 1. The van der Waals surface area contributed by atoms with Crippen LogP contribution in [0, 0.1) is 18.7 Å². The number of Topliss-reactive ketones (excluding diaryl/α,β-unsaturated/α-hetero) is 1. The highest BCUT2D eigenvalue weighted by atomic mass is 19.4. The lowest BCUT2D eigenvalue weighted by Crippen LogP contribution is -2.47. The summed E-state index contributed by atoms with van der Waals surface area (Å²) in [5, 5.41) is 7.56. The van der Waals surface area contributed by atoms with Crippen LogP contribution in [0.15, 0.2) is 16.7 Å². The molecular formula is C24H30F4N4O3. The molecule has 0 atom stereocenters. The summed E-state index contributed by atoms with van der Waals surface area (Å²) in [7, 11) is 0. The lowest BCUT2D eigenvalue weighted by Gasteiger charge is -2.36. The molecule has 1 aliphatic heterocycles. The van der Waals surface area contributed by atoms with E-state index in [-0.39, 0.29) is 11.9 Å². The summed E-state index contributed by atoms with van der Waals surface area (Å²) in [6.45, 7) is 6.04. The quantitative estimate of drug-likeness (QED) is 0.460. The van der Waals surface area contributed by atoms with Gasteiger partial charge in [0.2, 0.25) is 11.7 Å². The lowest BCUT2D eigenvalue weighted by atomic mass is 9.84. The van der Waals surface area contributed by atoms with Crippen molar-refractivity contribution in [3.63, 3.8) is 0 Å². The zero-order valence-electron chi connectivity index (χ0n) is 19.7. The van der Waals surface area contributed by atoms with Crippen LogP contribution < -0.4 is 10.2 Å². The first-order valence-electron chi connectivity index (χ1n) is 12.0. The van der Waals surface area contributed by atoms with E-state index in [2.05, 4.69) is 20.3 Å². The number of piperazine rings is 1. The minimum Gasteiger partial charge on any atom is -0.354 e. The number of rotatable bonds is 7. The molecule has 0 radical (unpaired) electrons. The van der Waals surface area contributed by atoms with Crippen molar-refractivity contribution < 1.29 is 31.7 Å². The summed E-state index contributed by atoms with van der Waals surface area (Å²) in [6, 6.07) is 2.98. The predicted molar refractivity (Wildman–Crippen MR) is 122 cm³/mol. The SMILES string of the molecule is Cc1cc2c(N3CCN(CC[C@H]4CC[C@H](NC(=O)CC(=O)C(F)(F)F)CC4)CC3)noc2cc1F. The molecule has 0 unspecified atom stereocenters. The van der Waals surface area contributed by atoms with Crippen molar-refractivity contribution >= 4 is 28.5 Å². The summed E-state index contributed by atoms with van der Waals surface area (Å²) in [5.74, 6) is -1.91. The Bertz CT molecular complexity index is 1050. The maximum absolute atomic E-state index is 13.8. The zero-order chi connectivity index (χ0) is 25.2. The molecule has 4 rings (SSSR count). The van der Waals surface area contributed by atoms with Gasteiger partial charge < -0.3 is 14.7 Å². The van der Waals surface area contributed by atoms with Crippen LogP contribution in [-0.2, 0) is 9.59 Å². The van der Waals surface area contributed by atoms with Crippen molar-refractivity contribution in [2.75, 3.05) is 37.6 Å². The highest BCUT2D eigenvalue weighted by Crippen LogP contribution is 2.30. The highest BCUT2D eigenvalue weighted by Gasteiger charge is 2.39. The number of nitrogens with zero attached hydrogens (tertiary/aromatic N) is 3. The number of aryl methyl sites for hydroxylation is 1. The molecule has 0 spiro atoms. The van der Waals surface area contributed by atoms with E-state index >= 15 is 0 Å². The van der Waals surface area contributed by atoms with Crippen molar-refractivity contribution in [2.45, 2.75) is 57.7 Å². The molecule has 2 heterocycles. The van der Waals surface area contributed by atoms with E-state index in [0.29, 0.717) is 29.9 Å². The van der Waals surface area contributed by atoms with Gasteiger partial charge >= 0.3 is 6.18 Å². The molecule has 1 saturated heterocycles. The smallest absolute Gasteiger partial charge is 0.354 e. The van der Waals surface area contributed by atoms with Crippen LogP contribution in [0.5, 0.6) is 0 Å². The molecular weight excluding hydrogens is 468 g/mol. The Labute approximate surface area is 200 Å². The molecule has 1 aliphatic carbocycles. The standard InChI is InChI=1S/C24H30F4N4O3/c1-15-12-18-20(13-19(15)25)35-30-23(18)32-10-8-31(9-11-32)7-6-16-2-4-17(5-3-16)29-22(34)14-21(33)24(26,27)28/h12-13,16-17H,2-11,14H2,1H3,(H,29,34)/t16-,17-. The number of carbonyl (C=O) groups excluding carboxylic acids is 2. The minimum absolute atomic E-state index is 0.169. The summed E-state index contributed by atoms with van der Waals surface area (Å²) >= 11 is 0. The number of ketones is 1. The number of nitrogens with one attached hydrogen (secondary N) is 1. The third-order valence-corrected chi connectivity index (χ3v) is 7.11. The second kappa shape index (κ2) is 10.5. The Kier molecular flexibility index (Phi) is 7.63. The van der Waals surface area contributed by atoms with Crippen molar-refractivity contribution in [3.8, 4) is 0 Å². The number of carbonyl (C=O) groups is 2. The molecule has 2 aromatic rings. The lowest BCUT2D eigenvalue weighted by molar-refractivity contribution is -0.172. The van der Waals surface area contributed by atoms with E-state index in [9.17, 15) is 27.2 Å². The molecule has 1 saturated carbocycles. The minimum atomic E-state index is -4.97. The van der Waals surface area contributed by atoms with Crippen molar-refractivity contribution in [1.82, 2.24) is 15.4 Å². The van der Waals surface area contributed by atoms with Gasteiger partial charge in [-0.15, -0.1) is 0 Å². The van der Waals surface area contributed by atoms with Crippen LogP contribution in [0.4, 0.5) is 23.4 Å². The molecule has 1 aromatic carbocycles. The molecule has 1 amide bonds. The fourth-order valence-corrected chi connectivity index (χ4v) is 4.95. The molecule has 2 fully saturated rings. The number of alkyl halides is 3. The van der Waals surface area contributed by atoms with Gasteiger partial charge in [-0.3, -0.25) is 14.5 Å². The summed E-state index contributed by atoms with van der Waals surface area (Å²) in [6.07, 6.45) is -1.86. The first-order chi connectivity index (χ1) is 16.6. The monoisotopic (exact) mass is 498 g/mol. The van der Waals surface area contributed by atoms with Gasteiger partial charge in [0.1, 0.15) is 5.82 Å². The van der Waals surface area contributed by atoms with E-state index in [1.54, 1.807) is 13.0 Å². The Hall–Kier alpha value is -2.69. The second-order valence-electron chi connectivity index (χ2n) is 9.60. The molecule has 11 heteroatoms. The number of hydrogen-bond donors (Lipinski definition) is 1. The van der Waals surface area contributed by atoms with Crippen LogP contribution in [-0.4, -0.2) is 66.7 Å². The number of amides is 1. The van der Waals surface area contributed by atoms with Crippen LogP contribution in [0.2, 0.25) is 0 Å². The average Bonchev–Trinajstić information content (AvgIpc) is 3.21. The zero-order valence-corrected chi connectivity index (χ0v) is 19.7. The van der Waals surface area contributed by atoms with Gasteiger partial charge in [-0.05, 0) is 63.1 Å². The van der Waals surface area contributed by atoms with Gasteiger partial charge in [0.05, 0.1) is 11.8 Å². The average molecular weight is 499 g/mol.